The quantitative estimate of drug-likeness (QED) is 0.707. The van der Waals surface area contributed by atoms with E-state index in [1.54, 1.807) is 19.3 Å². The van der Waals surface area contributed by atoms with Gasteiger partial charge in [-0.05, 0) is 25.6 Å². The van der Waals surface area contributed by atoms with Crippen LogP contribution in [0.15, 0.2) is 23.4 Å². The maximum Gasteiger partial charge on any atom is 0.143 e. The third kappa shape index (κ3) is 2.10. The molecule has 4 heteroatoms. The van der Waals surface area contributed by atoms with Gasteiger partial charge in [0.05, 0.1) is 0 Å². The molecule has 1 N–H and O–H groups in total. The SMILES string of the molecule is CNS(=O)c1ccc(C)cn1. The molecule has 0 aromatic carbocycles. The van der Waals surface area contributed by atoms with Crippen molar-refractivity contribution in [3.8, 4) is 0 Å². The smallest absolute Gasteiger partial charge is 0.143 e. The second-order valence-electron chi connectivity index (χ2n) is 2.15. The third-order valence-corrected chi connectivity index (χ3v) is 2.25. The van der Waals surface area contributed by atoms with E-state index >= 15 is 0 Å². The van der Waals surface area contributed by atoms with Gasteiger partial charge >= 0.3 is 0 Å². The Morgan fingerprint density at radius 3 is 2.73 bits per heavy atom. The summed E-state index contributed by atoms with van der Waals surface area (Å²) in [5.41, 5.74) is 1.07. The lowest BCUT2D eigenvalue weighted by Crippen LogP contribution is -2.11. The molecule has 1 aromatic rings. The van der Waals surface area contributed by atoms with Crippen molar-refractivity contribution >= 4 is 11.0 Å². The molecule has 3 nitrogen and oxygen atoms in total. The van der Waals surface area contributed by atoms with Gasteiger partial charge in [-0.15, -0.1) is 0 Å². The van der Waals surface area contributed by atoms with Crippen LogP contribution in [0.4, 0.5) is 0 Å². The highest BCUT2D eigenvalue weighted by atomic mass is 32.2. The van der Waals surface area contributed by atoms with Crippen LogP contribution in [0.3, 0.4) is 0 Å². The molecule has 0 aliphatic rings. The van der Waals surface area contributed by atoms with Crippen molar-refractivity contribution in [3.63, 3.8) is 0 Å². The van der Waals surface area contributed by atoms with Gasteiger partial charge in [0.15, 0.2) is 0 Å². The second-order valence-corrected chi connectivity index (χ2v) is 3.51. The zero-order chi connectivity index (χ0) is 8.27. The van der Waals surface area contributed by atoms with Crippen LogP contribution in [0.25, 0.3) is 0 Å². The van der Waals surface area contributed by atoms with Crippen molar-refractivity contribution in [1.29, 1.82) is 0 Å². The van der Waals surface area contributed by atoms with Gasteiger partial charge in [0.1, 0.15) is 16.0 Å². The number of nitrogens with zero attached hydrogens (tertiary/aromatic N) is 1. The molecule has 0 spiro atoms. The molecule has 0 fully saturated rings. The molecule has 0 saturated heterocycles. The minimum Gasteiger partial charge on any atom is -0.246 e. The molecule has 0 radical (unpaired) electrons. The van der Waals surface area contributed by atoms with Gasteiger partial charge in [-0.3, -0.25) is 0 Å². The van der Waals surface area contributed by atoms with Gasteiger partial charge in [-0.25, -0.2) is 13.9 Å². The number of rotatable bonds is 2. The fraction of sp³-hybridized carbons (Fsp3) is 0.286. The van der Waals surface area contributed by atoms with E-state index in [9.17, 15) is 4.21 Å². The lowest BCUT2D eigenvalue weighted by molar-refractivity contribution is 0.675. The molecule has 0 bridgehead atoms. The van der Waals surface area contributed by atoms with Gasteiger partial charge in [-0.1, -0.05) is 6.07 Å². The lowest BCUT2D eigenvalue weighted by Gasteiger charge is -1.97. The molecule has 0 amide bonds. The summed E-state index contributed by atoms with van der Waals surface area (Å²) in [4.78, 5) is 3.99. The number of pyridine rings is 1. The van der Waals surface area contributed by atoms with Crippen molar-refractivity contribution < 1.29 is 4.21 Å². The summed E-state index contributed by atoms with van der Waals surface area (Å²) >= 11 is 0. The first-order valence-corrected chi connectivity index (χ1v) is 4.41. The van der Waals surface area contributed by atoms with Gasteiger partial charge in [0.25, 0.3) is 0 Å². The summed E-state index contributed by atoms with van der Waals surface area (Å²) in [5.74, 6) is 0. The minimum absolute atomic E-state index is 0.568. The van der Waals surface area contributed by atoms with E-state index in [0.29, 0.717) is 5.03 Å². The van der Waals surface area contributed by atoms with Crippen molar-refractivity contribution in [2.45, 2.75) is 11.9 Å². The zero-order valence-electron chi connectivity index (χ0n) is 6.50. The molecule has 1 heterocycles. The second kappa shape index (κ2) is 3.59. The van der Waals surface area contributed by atoms with Crippen LogP contribution >= 0.6 is 0 Å². The van der Waals surface area contributed by atoms with Crippen molar-refractivity contribution in [3.05, 3.63) is 23.9 Å². The van der Waals surface area contributed by atoms with Crippen LogP contribution in [0.1, 0.15) is 5.56 Å². The molecule has 1 unspecified atom stereocenters. The first-order valence-electron chi connectivity index (χ1n) is 3.26. The Morgan fingerprint density at radius 1 is 1.55 bits per heavy atom. The van der Waals surface area contributed by atoms with E-state index < -0.39 is 11.0 Å². The maximum absolute atomic E-state index is 11.1. The highest BCUT2D eigenvalue weighted by molar-refractivity contribution is 7.82. The van der Waals surface area contributed by atoms with Crippen LogP contribution < -0.4 is 4.72 Å². The molecule has 1 rings (SSSR count). The van der Waals surface area contributed by atoms with E-state index in [2.05, 4.69) is 9.71 Å². The van der Waals surface area contributed by atoms with E-state index in [1.165, 1.54) is 0 Å². The number of aromatic nitrogens is 1. The summed E-state index contributed by atoms with van der Waals surface area (Å²) < 4.78 is 13.7. The first kappa shape index (κ1) is 8.36. The normalized spacial score (nSPS) is 12.9. The summed E-state index contributed by atoms with van der Waals surface area (Å²) in [7, 11) is 0.477. The van der Waals surface area contributed by atoms with E-state index in [4.69, 9.17) is 0 Å². The maximum atomic E-state index is 11.1. The summed E-state index contributed by atoms with van der Waals surface area (Å²) in [6, 6.07) is 3.64. The topological polar surface area (TPSA) is 42.0 Å². The van der Waals surface area contributed by atoms with Crippen LogP contribution in [-0.4, -0.2) is 16.2 Å². The van der Waals surface area contributed by atoms with Gasteiger partial charge in [0.2, 0.25) is 0 Å². The molecule has 11 heavy (non-hydrogen) atoms. The Balaban J connectivity index is 2.90. The number of hydrogen-bond donors (Lipinski definition) is 1. The predicted octanol–water partition coefficient (Wildman–Crippen LogP) is 0.632. The van der Waals surface area contributed by atoms with Gasteiger partial charge < -0.3 is 0 Å². The van der Waals surface area contributed by atoms with Gasteiger partial charge in [0, 0.05) is 6.20 Å². The summed E-state index contributed by atoms with van der Waals surface area (Å²) in [6.07, 6.45) is 1.70. The molecular formula is C7H10N2OS. The van der Waals surface area contributed by atoms with E-state index in [1.807, 2.05) is 13.0 Å². The summed E-state index contributed by atoms with van der Waals surface area (Å²) in [6.45, 7) is 1.94. The molecule has 60 valence electrons. The Labute approximate surface area is 68.4 Å². The molecule has 1 aromatic heterocycles. The first-order chi connectivity index (χ1) is 5.24. The number of aryl methyl sites for hydroxylation is 1. The van der Waals surface area contributed by atoms with Crippen LogP contribution in [0, 0.1) is 6.92 Å². The van der Waals surface area contributed by atoms with Crippen LogP contribution in [-0.2, 0) is 11.0 Å². The predicted molar refractivity (Wildman–Crippen MR) is 44.4 cm³/mol. The monoisotopic (exact) mass is 170 g/mol. The fourth-order valence-electron chi connectivity index (χ4n) is 0.668. The molecule has 0 saturated carbocycles. The highest BCUT2D eigenvalue weighted by Gasteiger charge is 1.99. The van der Waals surface area contributed by atoms with Crippen LogP contribution in [0.5, 0.6) is 0 Å². The van der Waals surface area contributed by atoms with Crippen molar-refractivity contribution in [2.24, 2.45) is 0 Å². The summed E-state index contributed by atoms with van der Waals surface area (Å²) in [5, 5.41) is 0.568. The Bertz CT molecular complexity index is 258. The Kier molecular flexibility index (Phi) is 2.73. The number of nitrogens with one attached hydrogen (secondary N) is 1. The Hall–Kier alpha value is -0.740. The molecular weight excluding hydrogens is 160 g/mol. The minimum atomic E-state index is -1.16. The van der Waals surface area contributed by atoms with Gasteiger partial charge in [-0.2, -0.15) is 0 Å². The van der Waals surface area contributed by atoms with Crippen molar-refractivity contribution in [1.82, 2.24) is 9.71 Å². The Morgan fingerprint density at radius 2 is 2.27 bits per heavy atom. The van der Waals surface area contributed by atoms with Crippen LogP contribution in [0.2, 0.25) is 0 Å². The molecule has 0 aliphatic heterocycles. The largest absolute Gasteiger partial charge is 0.246 e. The van der Waals surface area contributed by atoms with E-state index in [0.717, 1.165) is 5.56 Å². The fourth-order valence-corrected chi connectivity index (χ4v) is 1.22. The highest BCUT2D eigenvalue weighted by Crippen LogP contribution is 2.00. The lowest BCUT2D eigenvalue weighted by atomic mass is 10.3. The van der Waals surface area contributed by atoms with Crippen molar-refractivity contribution in [2.75, 3.05) is 7.05 Å². The zero-order valence-corrected chi connectivity index (χ0v) is 7.31. The molecule has 1 atom stereocenters. The third-order valence-electron chi connectivity index (χ3n) is 1.26. The molecule has 0 aliphatic carbocycles. The average Bonchev–Trinajstić information content (AvgIpc) is 2.05. The number of hydrogen-bond acceptors (Lipinski definition) is 2. The standard InChI is InChI=1S/C7H10N2OS/c1-6-3-4-7(9-5-6)11(10)8-2/h3-5,8H,1-2H3. The van der Waals surface area contributed by atoms with E-state index in [-0.39, 0.29) is 0 Å². The average molecular weight is 170 g/mol.